The molecule has 2 aliphatic carbocycles. The zero-order valence-corrected chi connectivity index (χ0v) is 6.73. The normalized spacial score (nSPS) is 31.2. The van der Waals surface area contributed by atoms with Gasteiger partial charge in [-0.2, -0.15) is 0 Å². The van der Waals surface area contributed by atoms with Gasteiger partial charge in [-0.3, -0.25) is 0 Å². The molecule has 1 fully saturated rings. The van der Waals surface area contributed by atoms with Gasteiger partial charge in [0.15, 0.2) is 0 Å². The Morgan fingerprint density at radius 3 is 3.08 bits per heavy atom. The second-order valence-corrected chi connectivity index (χ2v) is 3.52. The summed E-state index contributed by atoms with van der Waals surface area (Å²) >= 11 is 0. The number of hydrogen-bond donors (Lipinski definition) is 0. The molecule has 0 N–H and O–H groups in total. The Bertz CT molecular complexity index is 343. The van der Waals surface area contributed by atoms with E-state index in [0.717, 1.165) is 17.6 Å². The fourth-order valence-corrected chi connectivity index (χ4v) is 1.77. The van der Waals surface area contributed by atoms with E-state index in [1.54, 1.807) is 6.26 Å². The number of allylic oxidation sites excluding steroid dienone is 4. The maximum atomic E-state index is 5.32. The van der Waals surface area contributed by atoms with Crippen LogP contribution in [-0.4, -0.2) is 0 Å². The number of furan rings is 1. The molecule has 1 heteroatoms. The van der Waals surface area contributed by atoms with Crippen molar-refractivity contribution in [2.45, 2.75) is 6.42 Å². The Kier molecular flexibility index (Phi) is 1.12. The van der Waals surface area contributed by atoms with Crippen molar-refractivity contribution in [3.05, 3.63) is 42.4 Å². The van der Waals surface area contributed by atoms with Crippen molar-refractivity contribution >= 4 is 5.57 Å². The molecule has 2 aliphatic rings. The maximum Gasteiger partial charge on any atom is 0.133 e. The van der Waals surface area contributed by atoms with E-state index in [9.17, 15) is 0 Å². The highest BCUT2D eigenvalue weighted by Crippen LogP contribution is 2.45. The smallest absolute Gasteiger partial charge is 0.133 e. The molecule has 0 radical (unpaired) electrons. The van der Waals surface area contributed by atoms with Crippen LogP contribution in [0.25, 0.3) is 5.57 Å². The molecule has 12 heavy (non-hydrogen) atoms. The van der Waals surface area contributed by atoms with E-state index < -0.39 is 0 Å². The SMILES string of the molecule is C1=CC2CC2C=C1c1ccco1. The highest BCUT2D eigenvalue weighted by atomic mass is 16.3. The quantitative estimate of drug-likeness (QED) is 0.612. The third kappa shape index (κ3) is 0.860. The van der Waals surface area contributed by atoms with E-state index in [4.69, 9.17) is 4.42 Å². The molecule has 2 atom stereocenters. The van der Waals surface area contributed by atoms with E-state index in [0.29, 0.717) is 0 Å². The van der Waals surface area contributed by atoms with Crippen molar-refractivity contribution in [2.24, 2.45) is 11.8 Å². The average Bonchev–Trinajstić information content (AvgIpc) is 2.66. The lowest BCUT2D eigenvalue weighted by molar-refractivity contribution is 0.553. The molecule has 0 spiro atoms. The molecule has 2 unspecified atom stereocenters. The molecule has 1 aromatic heterocycles. The zero-order chi connectivity index (χ0) is 7.97. The highest BCUT2D eigenvalue weighted by molar-refractivity contribution is 5.72. The summed E-state index contributed by atoms with van der Waals surface area (Å²) in [5.41, 5.74) is 1.25. The Hall–Kier alpha value is -1.24. The number of fused-ring (bicyclic) bond motifs is 1. The van der Waals surface area contributed by atoms with E-state index in [1.165, 1.54) is 12.0 Å². The van der Waals surface area contributed by atoms with E-state index in [1.807, 2.05) is 12.1 Å². The van der Waals surface area contributed by atoms with Gasteiger partial charge in [0.25, 0.3) is 0 Å². The molecular weight excluding hydrogens is 148 g/mol. The lowest BCUT2D eigenvalue weighted by atomic mass is 10.1. The minimum Gasteiger partial charge on any atom is -0.464 e. The van der Waals surface area contributed by atoms with Crippen LogP contribution in [0.3, 0.4) is 0 Å². The monoisotopic (exact) mass is 158 g/mol. The number of rotatable bonds is 1. The van der Waals surface area contributed by atoms with Crippen LogP contribution < -0.4 is 0 Å². The van der Waals surface area contributed by atoms with Gasteiger partial charge in [-0.1, -0.05) is 18.2 Å². The average molecular weight is 158 g/mol. The molecular formula is C11H10O. The van der Waals surface area contributed by atoms with Gasteiger partial charge in [0, 0.05) is 5.57 Å². The number of hydrogen-bond acceptors (Lipinski definition) is 1. The van der Waals surface area contributed by atoms with Gasteiger partial charge >= 0.3 is 0 Å². The second-order valence-electron chi connectivity index (χ2n) is 3.52. The van der Waals surface area contributed by atoms with Gasteiger partial charge in [-0.15, -0.1) is 0 Å². The molecule has 3 rings (SSSR count). The molecule has 1 aromatic rings. The summed E-state index contributed by atoms with van der Waals surface area (Å²) in [6.07, 6.45) is 9.85. The predicted octanol–water partition coefficient (Wildman–Crippen LogP) is 2.87. The topological polar surface area (TPSA) is 13.1 Å². The van der Waals surface area contributed by atoms with E-state index >= 15 is 0 Å². The third-order valence-corrected chi connectivity index (χ3v) is 2.61. The summed E-state index contributed by atoms with van der Waals surface area (Å²) in [6.45, 7) is 0. The van der Waals surface area contributed by atoms with Gasteiger partial charge < -0.3 is 4.42 Å². The lowest BCUT2D eigenvalue weighted by Crippen LogP contribution is -1.85. The van der Waals surface area contributed by atoms with Gasteiger partial charge in [-0.05, 0) is 30.4 Å². The molecule has 0 aromatic carbocycles. The summed E-state index contributed by atoms with van der Waals surface area (Å²) < 4.78 is 5.32. The van der Waals surface area contributed by atoms with Crippen molar-refractivity contribution in [1.29, 1.82) is 0 Å². The molecule has 0 saturated heterocycles. The highest BCUT2D eigenvalue weighted by Gasteiger charge is 2.35. The first-order valence-electron chi connectivity index (χ1n) is 4.37. The van der Waals surface area contributed by atoms with Crippen LogP contribution in [0.2, 0.25) is 0 Å². The van der Waals surface area contributed by atoms with Crippen molar-refractivity contribution < 1.29 is 4.42 Å². The molecule has 0 amide bonds. The van der Waals surface area contributed by atoms with Gasteiger partial charge in [-0.25, -0.2) is 0 Å². The first-order chi connectivity index (χ1) is 5.93. The van der Waals surface area contributed by atoms with Crippen LogP contribution in [0, 0.1) is 11.8 Å². The van der Waals surface area contributed by atoms with Crippen LogP contribution >= 0.6 is 0 Å². The summed E-state index contributed by atoms with van der Waals surface area (Å²) in [5, 5.41) is 0. The summed E-state index contributed by atoms with van der Waals surface area (Å²) in [5.74, 6) is 2.63. The van der Waals surface area contributed by atoms with Crippen molar-refractivity contribution in [3.8, 4) is 0 Å². The Labute approximate surface area is 71.4 Å². The molecule has 1 heterocycles. The molecule has 0 aliphatic heterocycles. The largest absolute Gasteiger partial charge is 0.464 e. The molecule has 0 bridgehead atoms. The third-order valence-electron chi connectivity index (χ3n) is 2.61. The van der Waals surface area contributed by atoms with Crippen LogP contribution in [0.1, 0.15) is 12.2 Å². The van der Waals surface area contributed by atoms with Crippen LogP contribution in [0.4, 0.5) is 0 Å². The first-order valence-corrected chi connectivity index (χ1v) is 4.37. The fourth-order valence-electron chi connectivity index (χ4n) is 1.77. The minimum absolute atomic E-state index is 0.801. The molecule has 1 saturated carbocycles. The summed E-state index contributed by atoms with van der Waals surface area (Å²) in [4.78, 5) is 0. The standard InChI is InChI=1S/C11H10O/c1-2-11(12-5-1)9-4-3-8-6-10(8)7-9/h1-5,7-8,10H,6H2. The maximum absolute atomic E-state index is 5.32. The second kappa shape index (κ2) is 2.13. The van der Waals surface area contributed by atoms with E-state index in [-0.39, 0.29) is 0 Å². The lowest BCUT2D eigenvalue weighted by Gasteiger charge is -2.01. The van der Waals surface area contributed by atoms with E-state index in [2.05, 4.69) is 18.2 Å². The Morgan fingerprint density at radius 2 is 2.33 bits per heavy atom. The fraction of sp³-hybridized carbons (Fsp3) is 0.273. The minimum atomic E-state index is 0.801. The first kappa shape index (κ1) is 6.30. The molecule has 60 valence electrons. The predicted molar refractivity (Wildman–Crippen MR) is 47.4 cm³/mol. The Morgan fingerprint density at radius 1 is 1.33 bits per heavy atom. The van der Waals surface area contributed by atoms with Crippen molar-refractivity contribution in [1.82, 2.24) is 0 Å². The Balaban J connectivity index is 1.99. The van der Waals surface area contributed by atoms with Crippen LogP contribution in [0.15, 0.2) is 41.0 Å². The van der Waals surface area contributed by atoms with Crippen LogP contribution in [-0.2, 0) is 0 Å². The van der Waals surface area contributed by atoms with Crippen LogP contribution in [0.5, 0.6) is 0 Å². The summed E-state index contributed by atoms with van der Waals surface area (Å²) in [7, 11) is 0. The van der Waals surface area contributed by atoms with Crippen molar-refractivity contribution in [2.75, 3.05) is 0 Å². The summed E-state index contributed by atoms with van der Waals surface area (Å²) in [6, 6.07) is 3.95. The zero-order valence-electron chi connectivity index (χ0n) is 6.73. The van der Waals surface area contributed by atoms with Gasteiger partial charge in [0.1, 0.15) is 5.76 Å². The van der Waals surface area contributed by atoms with Gasteiger partial charge in [0.2, 0.25) is 0 Å². The van der Waals surface area contributed by atoms with Gasteiger partial charge in [0.05, 0.1) is 6.26 Å². The van der Waals surface area contributed by atoms with Crippen molar-refractivity contribution in [3.63, 3.8) is 0 Å². The molecule has 1 nitrogen and oxygen atoms in total.